The summed E-state index contributed by atoms with van der Waals surface area (Å²) in [6.45, 7) is 7.76. The quantitative estimate of drug-likeness (QED) is 0.820. The van der Waals surface area contributed by atoms with Gasteiger partial charge in [0, 0.05) is 11.1 Å². The molecule has 2 heteroatoms. The van der Waals surface area contributed by atoms with E-state index in [1.807, 2.05) is 0 Å². The van der Waals surface area contributed by atoms with Crippen LogP contribution >= 0.6 is 11.6 Å². The molecule has 0 spiro atoms. The number of halogens is 1. The lowest BCUT2D eigenvalue weighted by Crippen LogP contribution is -2.43. The zero-order valence-corrected chi connectivity index (χ0v) is 13.2. The Morgan fingerprint density at radius 1 is 1.32 bits per heavy atom. The second-order valence-electron chi connectivity index (χ2n) is 6.27. The van der Waals surface area contributed by atoms with Gasteiger partial charge >= 0.3 is 0 Å². The second-order valence-corrected chi connectivity index (χ2v) is 6.68. The molecular weight excluding hydrogens is 254 g/mol. The molecule has 1 aromatic rings. The predicted octanol–water partition coefficient (Wildman–Crippen LogP) is 4.75. The van der Waals surface area contributed by atoms with E-state index >= 15 is 0 Å². The fourth-order valence-electron chi connectivity index (χ4n) is 3.38. The van der Waals surface area contributed by atoms with Crippen LogP contribution in [0.5, 0.6) is 0 Å². The molecule has 106 valence electrons. The molecule has 1 nitrogen and oxygen atoms in total. The number of benzene rings is 1. The second kappa shape index (κ2) is 6.28. The molecule has 1 saturated carbocycles. The van der Waals surface area contributed by atoms with Crippen molar-refractivity contribution in [2.24, 2.45) is 5.41 Å². The van der Waals surface area contributed by atoms with Gasteiger partial charge in [0.1, 0.15) is 0 Å². The molecule has 0 saturated heterocycles. The molecule has 0 radical (unpaired) electrons. The molecule has 1 aliphatic carbocycles. The van der Waals surface area contributed by atoms with Crippen LogP contribution in [0.1, 0.15) is 50.7 Å². The van der Waals surface area contributed by atoms with Gasteiger partial charge in [-0.15, -0.1) is 0 Å². The fraction of sp³-hybridized carbons (Fsp3) is 0.647. The minimum atomic E-state index is 0.435. The smallest absolute Gasteiger partial charge is 0.0441 e. The van der Waals surface area contributed by atoms with Crippen molar-refractivity contribution in [2.75, 3.05) is 6.54 Å². The monoisotopic (exact) mass is 279 g/mol. The van der Waals surface area contributed by atoms with Crippen molar-refractivity contribution in [3.63, 3.8) is 0 Å². The maximum atomic E-state index is 6.40. The molecule has 1 unspecified atom stereocenters. The Labute approximate surface area is 122 Å². The molecule has 2 rings (SSSR count). The van der Waals surface area contributed by atoms with Gasteiger partial charge < -0.3 is 5.32 Å². The van der Waals surface area contributed by atoms with Crippen molar-refractivity contribution < 1.29 is 0 Å². The largest absolute Gasteiger partial charge is 0.313 e. The summed E-state index contributed by atoms with van der Waals surface area (Å²) in [4.78, 5) is 0. The van der Waals surface area contributed by atoms with Gasteiger partial charge in [0.15, 0.2) is 0 Å². The molecule has 0 amide bonds. The van der Waals surface area contributed by atoms with Gasteiger partial charge in [-0.05, 0) is 55.3 Å². The number of likely N-dealkylation sites (N-methyl/N-ethyl adjacent to an activating group) is 1. The van der Waals surface area contributed by atoms with E-state index in [1.54, 1.807) is 0 Å². The van der Waals surface area contributed by atoms with Crippen LogP contribution in [0, 0.1) is 12.3 Å². The summed E-state index contributed by atoms with van der Waals surface area (Å²) in [5, 5.41) is 4.62. The zero-order valence-electron chi connectivity index (χ0n) is 12.4. The minimum absolute atomic E-state index is 0.435. The van der Waals surface area contributed by atoms with Crippen molar-refractivity contribution in [1.29, 1.82) is 0 Å². The van der Waals surface area contributed by atoms with Crippen LogP contribution in [0.3, 0.4) is 0 Å². The van der Waals surface area contributed by atoms with Gasteiger partial charge in [0.05, 0.1) is 0 Å². The number of aryl methyl sites for hydroxylation is 1. The zero-order chi connectivity index (χ0) is 13.9. The Balaban J connectivity index is 2.16. The van der Waals surface area contributed by atoms with E-state index in [0.717, 1.165) is 18.0 Å². The highest BCUT2D eigenvalue weighted by Crippen LogP contribution is 2.42. The highest BCUT2D eigenvalue weighted by molar-refractivity contribution is 6.31. The average molecular weight is 280 g/mol. The van der Waals surface area contributed by atoms with Crippen LogP contribution in [-0.4, -0.2) is 12.6 Å². The van der Waals surface area contributed by atoms with E-state index in [-0.39, 0.29) is 0 Å². The summed E-state index contributed by atoms with van der Waals surface area (Å²) in [6.07, 6.45) is 6.48. The molecule has 1 N–H and O–H groups in total. The summed E-state index contributed by atoms with van der Waals surface area (Å²) >= 11 is 6.40. The molecule has 1 aromatic carbocycles. The molecule has 1 atom stereocenters. The van der Waals surface area contributed by atoms with E-state index in [0.29, 0.717) is 11.5 Å². The van der Waals surface area contributed by atoms with E-state index in [9.17, 15) is 0 Å². The first-order chi connectivity index (χ1) is 9.05. The third-order valence-electron chi connectivity index (χ3n) is 4.67. The first kappa shape index (κ1) is 14.9. The van der Waals surface area contributed by atoms with Crippen molar-refractivity contribution in [1.82, 2.24) is 5.32 Å². The van der Waals surface area contributed by atoms with Gasteiger partial charge in [0.25, 0.3) is 0 Å². The maximum absolute atomic E-state index is 6.40. The van der Waals surface area contributed by atoms with Gasteiger partial charge in [-0.3, -0.25) is 0 Å². The minimum Gasteiger partial charge on any atom is -0.313 e. The Bertz CT molecular complexity index is 421. The third-order valence-corrected chi connectivity index (χ3v) is 5.02. The summed E-state index contributed by atoms with van der Waals surface area (Å²) in [6, 6.07) is 6.98. The number of hydrogen-bond donors (Lipinski definition) is 1. The van der Waals surface area contributed by atoms with Crippen LogP contribution in [0.25, 0.3) is 0 Å². The number of nitrogens with one attached hydrogen (secondary N) is 1. The third kappa shape index (κ3) is 3.52. The summed E-state index contributed by atoms with van der Waals surface area (Å²) in [5.41, 5.74) is 2.96. The van der Waals surface area contributed by atoms with Crippen LogP contribution in [0.15, 0.2) is 18.2 Å². The molecule has 0 heterocycles. The SMILES string of the molecule is CCNC(Cc1ccc(C)cc1Cl)C1(C)CCCC1. The van der Waals surface area contributed by atoms with Crippen molar-refractivity contribution in [2.45, 2.75) is 58.9 Å². The topological polar surface area (TPSA) is 12.0 Å². The van der Waals surface area contributed by atoms with Crippen LogP contribution < -0.4 is 5.32 Å². The van der Waals surface area contributed by atoms with Gasteiger partial charge in [-0.2, -0.15) is 0 Å². The highest BCUT2D eigenvalue weighted by Gasteiger charge is 2.36. The lowest BCUT2D eigenvalue weighted by Gasteiger charge is -2.35. The number of rotatable bonds is 5. The fourth-order valence-corrected chi connectivity index (χ4v) is 3.69. The Kier molecular flexibility index (Phi) is 4.92. The molecule has 0 bridgehead atoms. The van der Waals surface area contributed by atoms with E-state index in [4.69, 9.17) is 11.6 Å². The van der Waals surface area contributed by atoms with E-state index in [2.05, 4.69) is 44.3 Å². The van der Waals surface area contributed by atoms with Gasteiger partial charge in [-0.25, -0.2) is 0 Å². The first-order valence-electron chi connectivity index (χ1n) is 7.53. The van der Waals surface area contributed by atoms with E-state index < -0.39 is 0 Å². The standard InChI is InChI=1S/C17H26ClN/c1-4-19-16(17(3)9-5-6-10-17)12-14-8-7-13(2)11-15(14)18/h7-8,11,16,19H,4-6,9-10,12H2,1-3H3. The molecule has 0 aromatic heterocycles. The lowest BCUT2D eigenvalue weighted by molar-refractivity contribution is 0.222. The summed E-state index contributed by atoms with van der Waals surface area (Å²) < 4.78 is 0. The lowest BCUT2D eigenvalue weighted by atomic mass is 9.77. The average Bonchev–Trinajstić information content (AvgIpc) is 2.80. The molecule has 1 fully saturated rings. The molecular formula is C17H26ClN. The van der Waals surface area contributed by atoms with Crippen molar-refractivity contribution in [3.05, 3.63) is 34.3 Å². The van der Waals surface area contributed by atoms with Crippen molar-refractivity contribution >= 4 is 11.6 Å². The molecule has 19 heavy (non-hydrogen) atoms. The normalized spacial score (nSPS) is 19.6. The summed E-state index contributed by atoms with van der Waals surface area (Å²) in [7, 11) is 0. The first-order valence-corrected chi connectivity index (χ1v) is 7.91. The number of hydrogen-bond acceptors (Lipinski definition) is 1. The Hall–Kier alpha value is -0.530. The Morgan fingerprint density at radius 2 is 2.00 bits per heavy atom. The highest BCUT2D eigenvalue weighted by atomic mass is 35.5. The van der Waals surface area contributed by atoms with Crippen LogP contribution in [-0.2, 0) is 6.42 Å². The van der Waals surface area contributed by atoms with Gasteiger partial charge in [0.2, 0.25) is 0 Å². The van der Waals surface area contributed by atoms with Crippen LogP contribution in [0.4, 0.5) is 0 Å². The van der Waals surface area contributed by atoms with Gasteiger partial charge in [-0.1, -0.05) is 50.4 Å². The Morgan fingerprint density at radius 3 is 2.58 bits per heavy atom. The molecule has 0 aliphatic heterocycles. The van der Waals surface area contributed by atoms with E-state index in [1.165, 1.54) is 36.8 Å². The van der Waals surface area contributed by atoms with Crippen molar-refractivity contribution in [3.8, 4) is 0 Å². The predicted molar refractivity (Wildman–Crippen MR) is 83.9 cm³/mol. The maximum Gasteiger partial charge on any atom is 0.0441 e. The van der Waals surface area contributed by atoms with Crippen LogP contribution in [0.2, 0.25) is 5.02 Å². The summed E-state index contributed by atoms with van der Waals surface area (Å²) in [5.74, 6) is 0. The molecule has 1 aliphatic rings.